The van der Waals surface area contributed by atoms with Crippen molar-refractivity contribution < 1.29 is 19.1 Å². The van der Waals surface area contributed by atoms with Crippen LogP contribution in [0.15, 0.2) is 24.3 Å². The largest absolute Gasteiger partial charge is 0.494 e. The van der Waals surface area contributed by atoms with Crippen molar-refractivity contribution in [3.05, 3.63) is 29.8 Å². The zero-order valence-corrected chi connectivity index (χ0v) is 18.9. The average molecular weight is 420 g/mol. The van der Waals surface area contributed by atoms with Crippen LogP contribution >= 0.6 is 0 Å². The van der Waals surface area contributed by atoms with E-state index in [9.17, 15) is 9.59 Å². The van der Waals surface area contributed by atoms with Gasteiger partial charge in [0.15, 0.2) is 0 Å². The van der Waals surface area contributed by atoms with E-state index in [1.807, 2.05) is 20.8 Å². The molecule has 7 heteroatoms. The molecule has 2 atom stereocenters. The van der Waals surface area contributed by atoms with E-state index in [4.69, 9.17) is 9.47 Å². The number of morpholine rings is 1. The number of amides is 2. The Morgan fingerprint density at radius 3 is 2.23 bits per heavy atom. The quantitative estimate of drug-likeness (QED) is 0.608. The van der Waals surface area contributed by atoms with E-state index in [-0.39, 0.29) is 23.8 Å². The Bertz CT molecular complexity index is 670. The van der Waals surface area contributed by atoms with E-state index in [1.165, 1.54) is 0 Å². The molecule has 0 unspecified atom stereocenters. The fraction of sp³-hybridized carbons (Fsp3) is 0.652. The molecule has 0 spiro atoms. The lowest BCUT2D eigenvalue weighted by Gasteiger charge is -2.37. The smallest absolute Gasteiger partial charge is 0.251 e. The summed E-state index contributed by atoms with van der Waals surface area (Å²) in [4.78, 5) is 28.0. The van der Waals surface area contributed by atoms with E-state index >= 15 is 0 Å². The highest BCUT2D eigenvalue weighted by Gasteiger charge is 2.28. The van der Waals surface area contributed by atoms with Crippen LogP contribution in [0.4, 0.5) is 0 Å². The second kappa shape index (κ2) is 11.9. The number of ether oxygens (including phenoxy) is 2. The molecule has 0 saturated carbocycles. The summed E-state index contributed by atoms with van der Waals surface area (Å²) in [6.07, 6.45) is 0. The summed E-state index contributed by atoms with van der Waals surface area (Å²) in [6, 6.07) is 6.59. The van der Waals surface area contributed by atoms with Gasteiger partial charge in [-0.2, -0.15) is 0 Å². The maximum atomic E-state index is 12.9. The molecule has 0 radical (unpaired) electrons. The summed E-state index contributed by atoms with van der Waals surface area (Å²) in [5, 5.41) is 5.96. The van der Waals surface area contributed by atoms with E-state index < -0.39 is 6.04 Å². The first-order valence-corrected chi connectivity index (χ1v) is 11.0. The molecule has 1 aromatic carbocycles. The van der Waals surface area contributed by atoms with Gasteiger partial charge in [-0.3, -0.25) is 14.5 Å². The molecule has 2 amide bonds. The van der Waals surface area contributed by atoms with Gasteiger partial charge in [-0.25, -0.2) is 0 Å². The van der Waals surface area contributed by atoms with Crippen LogP contribution in [0.3, 0.4) is 0 Å². The van der Waals surface area contributed by atoms with E-state index in [1.54, 1.807) is 24.3 Å². The molecule has 1 fully saturated rings. The molecule has 1 aliphatic heterocycles. The normalized spacial score (nSPS) is 16.9. The second-order valence-corrected chi connectivity index (χ2v) is 8.36. The molecule has 0 bridgehead atoms. The first-order valence-electron chi connectivity index (χ1n) is 11.0. The molecular weight excluding hydrogens is 382 g/mol. The van der Waals surface area contributed by atoms with Crippen molar-refractivity contribution in [2.75, 3.05) is 39.5 Å². The standard InChI is InChI=1S/C23H37N3O4/c1-6-30-19-9-7-18(8-10-19)22(27)25-21(17(4)5)23(28)24-15-20(16(2)3)26-11-13-29-14-12-26/h7-10,16-17,20-21H,6,11-15H2,1-5H3,(H,24,28)(H,25,27)/t20-,21-/m1/s1. The summed E-state index contributed by atoms with van der Waals surface area (Å²) in [5.74, 6) is 0.676. The van der Waals surface area contributed by atoms with Gasteiger partial charge in [-0.05, 0) is 43.0 Å². The van der Waals surface area contributed by atoms with Crippen LogP contribution in [0.25, 0.3) is 0 Å². The number of nitrogens with zero attached hydrogens (tertiary/aromatic N) is 1. The number of benzene rings is 1. The zero-order valence-electron chi connectivity index (χ0n) is 18.9. The van der Waals surface area contributed by atoms with Gasteiger partial charge in [0.2, 0.25) is 5.91 Å². The molecule has 0 aromatic heterocycles. The van der Waals surface area contributed by atoms with E-state index in [0.29, 0.717) is 24.6 Å². The van der Waals surface area contributed by atoms with Crippen LogP contribution < -0.4 is 15.4 Å². The molecule has 1 aliphatic rings. The SMILES string of the molecule is CCOc1ccc(C(=O)N[C@@H](C(=O)NC[C@H](C(C)C)N2CCOCC2)C(C)C)cc1. The third-order valence-corrected chi connectivity index (χ3v) is 5.43. The van der Waals surface area contributed by atoms with Gasteiger partial charge in [0.25, 0.3) is 5.91 Å². The molecule has 168 valence electrons. The number of nitrogens with one attached hydrogen (secondary N) is 2. The van der Waals surface area contributed by atoms with Crippen molar-refractivity contribution >= 4 is 11.8 Å². The first-order chi connectivity index (χ1) is 14.3. The molecule has 7 nitrogen and oxygen atoms in total. The van der Waals surface area contributed by atoms with Gasteiger partial charge in [0.1, 0.15) is 11.8 Å². The third-order valence-electron chi connectivity index (χ3n) is 5.43. The summed E-state index contributed by atoms with van der Waals surface area (Å²) < 4.78 is 10.9. The number of carbonyl (C=O) groups excluding carboxylic acids is 2. The molecule has 1 saturated heterocycles. The molecular formula is C23H37N3O4. The first kappa shape index (κ1) is 24.2. The Hall–Kier alpha value is -2.12. The molecule has 2 N–H and O–H groups in total. The topological polar surface area (TPSA) is 79.9 Å². The summed E-state index contributed by atoms with van der Waals surface area (Å²) >= 11 is 0. The lowest BCUT2D eigenvalue weighted by atomic mass is 10.00. The summed E-state index contributed by atoms with van der Waals surface area (Å²) in [5.41, 5.74) is 0.505. The molecule has 1 aromatic rings. The van der Waals surface area contributed by atoms with Crippen LogP contribution in [0.5, 0.6) is 5.75 Å². The Kier molecular flexibility index (Phi) is 9.59. The van der Waals surface area contributed by atoms with Gasteiger partial charge in [-0.1, -0.05) is 27.7 Å². The van der Waals surface area contributed by atoms with Crippen LogP contribution in [0.2, 0.25) is 0 Å². The lowest BCUT2D eigenvalue weighted by Crippen LogP contribution is -2.55. The number of carbonyl (C=O) groups is 2. The van der Waals surface area contributed by atoms with Gasteiger partial charge in [0, 0.05) is 31.2 Å². The minimum atomic E-state index is -0.596. The number of hydrogen-bond acceptors (Lipinski definition) is 5. The van der Waals surface area contributed by atoms with Gasteiger partial charge < -0.3 is 20.1 Å². The molecule has 2 rings (SSSR count). The van der Waals surface area contributed by atoms with Crippen molar-refractivity contribution in [2.45, 2.75) is 46.7 Å². The van der Waals surface area contributed by atoms with Crippen molar-refractivity contribution in [3.63, 3.8) is 0 Å². The predicted octanol–water partition coefficient (Wildman–Crippen LogP) is 2.31. The zero-order chi connectivity index (χ0) is 22.1. The van der Waals surface area contributed by atoms with Crippen molar-refractivity contribution in [3.8, 4) is 5.75 Å². The highest BCUT2D eigenvalue weighted by molar-refractivity contribution is 5.97. The Morgan fingerprint density at radius 2 is 1.70 bits per heavy atom. The fourth-order valence-corrected chi connectivity index (χ4v) is 3.64. The van der Waals surface area contributed by atoms with Gasteiger partial charge in [-0.15, -0.1) is 0 Å². The monoisotopic (exact) mass is 419 g/mol. The number of hydrogen-bond donors (Lipinski definition) is 2. The fourth-order valence-electron chi connectivity index (χ4n) is 3.64. The Labute approximate surface area is 180 Å². The van der Waals surface area contributed by atoms with Crippen molar-refractivity contribution in [1.82, 2.24) is 15.5 Å². The van der Waals surface area contributed by atoms with E-state index in [2.05, 4.69) is 29.4 Å². The van der Waals surface area contributed by atoms with Gasteiger partial charge >= 0.3 is 0 Å². The molecule has 30 heavy (non-hydrogen) atoms. The molecule has 1 heterocycles. The Balaban J connectivity index is 1.96. The van der Waals surface area contributed by atoms with Crippen LogP contribution in [0.1, 0.15) is 45.0 Å². The highest BCUT2D eigenvalue weighted by Crippen LogP contribution is 2.14. The van der Waals surface area contributed by atoms with Crippen LogP contribution in [-0.2, 0) is 9.53 Å². The number of rotatable bonds is 10. The minimum Gasteiger partial charge on any atom is -0.494 e. The lowest BCUT2D eigenvalue weighted by molar-refractivity contribution is -0.124. The van der Waals surface area contributed by atoms with Crippen LogP contribution in [0, 0.1) is 11.8 Å². The summed E-state index contributed by atoms with van der Waals surface area (Å²) in [7, 11) is 0. The summed E-state index contributed by atoms with van der Waals surface area (Å²) in [6.45, 7) is 14.4. The minimum absolute atomic E-state index is 0.0301. The van der Waals surface area contributed by atoms with Crippen molar-refractivity contribution in [2.24, 2.45) is 11.8 Å². The van der Waals surface area contributed by atoms with Crippen molar-refractivity contribution in [1.29, 1.82) is 0 Å². The maximum Gasteiger partial charge on any atom is 0.251 e. The van der Waals surface area contributed by atoms with Gasteiger partial charge in [0.05, 0.1) is 19.8 Å². The van der Waals surface area contributed by atoms with E-state index in [0.717, 1.165) is 32.1 Å². The third kappa shape index (κ3) is 6.99. The molecule has 0 aliphatic carbocycles. The highest BCUT2D eigenvalue weighted by atomic mass is 16.5. The predicted molar refractivity (Wildman–Crippen MR) is 118 cm³/mol. The Morgan fingerprint density at radius 1 is 1.07 bits per heavy atom. The second-order valence-electron chi connectivity index (χ2n) is 8.36. The average Bonchev–Trinajstić information content (AvgIpc) is 2.73. The van der Waals surface area contributed by atoms with Crippen LogP contribution in [-0.4, -0.2) is 68.3 Å². The maximum absolute atomic E-state index is 12.9.